The van der Waals surface area contributed by atoms with Gasteiger partial charge < -0.3 is 18.6 Å². The van der Waals surface area contributed by atoms with E-state index >= 15 is 0 Å². The molecule has 0 N–H and O–H groups in total. The predicted octanol–water partition coefficient (Wildman–Crippen LogP) is 33.7. The molecular formula is C123H93Br3N4. The predicted molar refractivity (Wildman–Crippen MR) is 555 cm³/mol. The molecule has 0 bridgehead atoms. The summed E-state index contributed by atoms with van der Waals surface area (Å²) in [7, 11) is 0. The third-order valence-corrected chi connectivity index (χ3v) is 30.5. The topological polar surface area (TPSA) is 18.0 Å². The molecule has 626 valence electrons. The van der Waals surface area contributed by atoms with E-state index in [0.717, 1.165) is 80.6 Å². The van der Waals surface area contributed by atoms with E-state index in [1.165, 1.54) is 149 Å². The number of rotatable bonds is 12. The van der Waals surface area contributed by atoms with E-state index in [4.69, 9.17) is 0 Å². The van der Waals surface area contributed by atoms with E-state index in [1.807, 2.05) is 0 Å². The van der Waals surface area contributed by atoms with Crippen molar-refractivity contribution in [1.82, 2.24) is 13.7 Å². The Morgan fingerprint density at radius 1 is 0.200 bits per heavy atom. The van der Waals surface area contributed by atoms with Crippen molar-refractivity contribution in [3.05, 3.63) is 497 Å². The van der Waals surface area contributed by atoms with E-state index in [1.54, 1.807) is 0 Å². The van der Waals surface area contributed by atoms with Gasteiger partial charge in [-0.2, -0.15) is 0 Å². The van der Waals surface area contributed by atoms with E-state index in [9.17, 15) is 0 Å². The molecule has 0 amide bonds. The Morgan fingerprint density at radius 2 is 0.392 bits per heavy atom. The van der Waals surface area contributed by atoms with Crippen LogP contribution in [0.1, 0.15) is 146 Å². The maximum absolute atomic E-state index is 3.96. The fraction of sp³-hybridized carbons (Fsp3) is 0.122. The van der Waals surface area contributed by atoms with Crippen LogP contribution in [0.2, 0.25) is 0 Å². The highest BCUT2D eigenvalue weighted by molar-refractivity contribution is 9.11. The van der Waals surface area contributed by atoms with Crippen LogP contribution in [0, 0.1) is 0 Å². The zero-order valence-corrected chi connectivity index (χ0v) is 78.8. The number of benzene rings is 18. The number of anilines is 3. The van der Waals surface area contributed by atoms with Crippen LogP contribution in [0.4, 0.5) is 17.1 Å². The lowest BCUT2D eigenvalue weighted by atomic mass is 9.67. The van der Waals surface area contributed by atoms with Gasteiger partial charge in [-0.05, 0) is 297 Å². The Kier molecular flexibility index (Phi) is 18.2. The highest BCUT2D eigenvalue weighted by Gasteiger charge is 2.50. The summed E-state index contributed by atoms with van der Waals surface area (Å²) < 4.78 is 10.5. The molecule has 130 heavy (non-hydrogen) atoms. The number of fused-ring (bicyclic) bond motifs is 18. The fourth-order valence-corrected chi connectivity index (χ4v) is 24.0. The monoisotopic (exact) mass is 1860 g/mol. The van der Waals surface area contributed by atoms with Gasteiger partial charge in [-0.25, -0.2) is 0 Å². The summed E-state index contributed by atoms with van der Waals surface area (Å²) in [4.78, 5) is 2.50. The first kappa shape index (κ1) is 80.0. The van der Waals surface area contributed by atoms with Crippen molar-refractivity contribution in [1.29, 1.82) is 0 Å². The highest BCUT2D eigenvalue weighted by Crippen LogP contribution is 2.62. The maximum atomic E-state index is 3.96. The summed E-state index contributed by atoms with van der Waals surface area (Å²) in [5.74, 6) is 0. The SMILES string of the molecule is CC(C)(C)c1ccc(-n2c3ccc(Br)cc3c3cc(C4(c5ccc(N(c6ccc(C7(c8ccc9c(c8)c8cc(Br)ccc8n9-c8ccc(C(C)(C)C)cc8)c8ccccc8-c8ccccc87)cc6)c6ccc(C7(c8ccc9c(c8)c8cc(Br)ccc8n9-c8ccc(C(C)(C)C)cc8)c8ccccc8-c8ccccc87)cc6)cc5)c5ccccc5-c5ccccc54)ccc32)cc1. The number of nitrogens with zero attached hydrogens (tertiary/aromatic N) is 4. The van der Waals surface area contributed by atoms with E-state index in [2.05, 4.69) is 529 Å². The molecule has 3 aliphatic carbocycles. The van der Waals surface area contributed by atoms with E-state index in [0.29, 0.717) is 0 Å². The molecule has 0 unspecified atom stereocenters. The maximum Gasteiger partial charge on any atom is 0.0713 e. The highest BCUT2D eigenvalue weighted by atomic mass is 79.9. The lowest BCUT2D eigenvalue weighted by Gasteiger charge is -2.36. The number of hydrogen-bond acceptors (Lipinski definition) is 1. The largest absolute Gasteiger partial charge is 0.311 e. The minimum Gasteiger partial charge on any atom is -0.311 e. The first-order valence-corrected chi connectivity index (χ1v) is 47.7. The second-order valence-electron chi connectivity index (χ2n) is 39.1. The van der Waals surface area contributed by atoms with E-state index in [-0.39, 0.29) is 16.2 Å². The summed E-state index contributed by atoms with van der Waals surface area (Å²) in [6.07, 6.45) is 0. The van der Waals surface area contributed by atoms with Gasteiger partial charge in [0.15, 0.2) is 0 Å². The fourth-order valence-electron chi connectivity index (χ4n) is 23.0. The molecule has 3 aromatic heterocycles. The van der Waals surface area contributed by atoms with Crippen molar-refractivity contribution in [2.24, 2.45) is 0 Å². The van der Waals surface area contributed by atoms with Crippen molar-refractivity contribution in [2.45, 2.75) is 94.8 Å². The molecule has 21 aromatic rings. The van der Waals surface area contributed by atoms with Gasteiger partial charge in [0.1, 0.15) is 0 Å². The molecular weight excluding hydrogens is 1770 g/mol. The summed E-state index contributed by atoms with van der Waals surface area (Å²) in [6.45, 7) is 20.6. The average molecular weight is 1870 g/mol. The van der Waals surface area contributed by atoms with Crippen LogP contribution < -0.4 is 4.90 Å². The molecule has 3 aliphatic rings. The first-order chi connectivity index (χ1) is 63.1. The second-order valence-corrected chi connectivity index (χ2v) is 41.8. The molecule has 4 nitrogen and oxygen atoms in total. The second kappa shape index (κ2) is 29.6. The van der Waals surface area contributed by atoms with Crippen molar-refractivity contribution in [2.75, 3.05) is 4.90 Å². The van der Waals surface area contributed by atoms with Gasteiger partial charge in [-0.15, -0.1) is 0 Å². The molecule has 0 radical (unpaired) electrons. The van der Waals surface area contributed by atoms with Gasteiger partial charge in [0.2, 0.25) is 0 Å². The molecule has 18 aromatic carbocycles. The van der Waals surface area contributed by atoms with Crippen LogP contribution in [-0.4, -0.2) is 13.7 Å². The average Bonchev–Trinajstić information content (AvgIpc) is 1.51. The molecule has 24 rings (SSSR count). The minimum absolute atomic E-state index is 0.0158. The molecule has 0 aliphatic heterocycles. The van der Waals surface area contributed by atoms with Crippen LogP contribution in [-0.2, 0) is 32.5 Å². The van der Waals surface area contributed by atoms with Crippen LogP contribution in [0.5, 0.6) is 0 Å². The van der Waals surface area contributed by atoms with Crippen LogP contribution >= 0.6 is 47.8 Å². The quantitative estimate of drug-likeness (QED) is 0.119. The Morgan fingerprint density at radius 3 is 0.608 bits per heavy atom. The van der Waals surface area contributed by atoms with Crippen LogP contribution in [0.25, 0.3) is 116 Å². The smallest absolute Gasteiger partial charge is 0.0713 e. The molecule has 7 heteroatoms. The summed E-state index contributed by atoms with van der Waals surface area (Å²) in [6, 6.07) is 154. The van der Waals surface area contributed by atoms with Gasteiger partial charge in [-0.3, -0.25) is 0 Å². The summed E-state index contributed by atoms with van der Waals surface area (Å²) in [5.41, 5.74) is 37.4. The molecule has 0 spiro atoms. The van der Waals surface area contributed by atoms with Crippen LogP contribution in [0.3, 0.4) is 0 Å². The summed E-state index contributed by atoms with van der Waals surface area (Å²) in [5, 5.41) is 7.16. The minimum atomic E-state index is -0.731. The van der Waals surface area contributed by atoms with Gasteiger partial charge in [-0.1, -0.05) is 347 Å². The third kappa shape index (κ3) is 11.9. The van der Waals surface area contributed by atoms with Gasteiger partial charge in [0, 0.05) is 79.9 Å². The molecule has 0 saturated carbocycles. The Hall–Kier alpha value is -13.4. The van der Waals surface area contributed by atoms with Gasteiger partial charge >= 0.3 is 0 Å². The Labute approximate surface area is 784 Å². The van der Waals surface area contributed by atoms with E-state index < -0.39 is 16.2 Å². The van der Waals surface area contributed by atoms with Gasteiger partial charge in [0.05, 0.1) is 49.3 Å². The summed E-state index contributed by atoms with van der Waals surface area (Å²) >= 11 is 11.9. The zero-order chi connectivity index (χ0) is 88.2. The zero-order valence-electron chi connectivity index (χ0n) is 74.0. The standard InChI is InChI=1S/C123H93Br3N4/c1-118(2,3)76-34-52-91(53-35-76)128-112-64-46-82(70-100(112)103-73-85(124)49-67-115(103)128)121(106-28-16-10-22-94(106)95-23-11-17-29-107(95)121)79-40-58-88(59-41-79)127(89-60-42-80(43-61-89)122(108-30-18-12-24-96(108)97-25-13-19-31-109(97)122)83-47-65-113-101(71-83)104-74-86(125)50-68-116(104)129(113)92-54-36-77(37-55-92)119(4,5)6)90-62-44-81(45-63-90)123(110-32-20-14-26-98(110)99-27-15-21-33-111(99)123)84-48-66-114-102(72-84)105-75-87(126)51-69-117(105)130(114)93-56-38-78(39-57-93)120(7,8)9/h10-75H,1-9H3. The van der Waals surface area contributed by atoms with Crippen molar-refractivity contribution in [3.8, 4) is 50.4 Å². The number of hydrogen-bond donors (Lipinski definition) is 0. The Bertz CT molecular complexity index is 7320. The van der Waals surface area contributed by atoms with Crippen LogP contribution in [0.15, 0.2) is 414 Å². The Balaban J connectivity index is 0.710. The number of aromatic nitrogens is 3. The molecule has 3 heterocycles. The van der Waals surface area contributed by atoms with Crippen molar-refractivity contribution in [3.63, 3.8) is 0 Å². The van der Waals surface area contributed by atoms with Crippen molar-refractivity contribution < 1.29 is 0 Å². The lowest BCUT2D eigenvalue weighted by Crippen LogP contribution is -2.29. The molecule has 0 saturated heterocycles. The molecule has 0 fully saturated rings. The lowest BCUT2D eigenvalue weighted by molar-refractivity contribution is 0.590. The van der Waals surface area contributed by atoms with Crippen molar-refractivity contribution >= 4 is 130 Å². The third-order valence-electron chi connectivity index (χ3n) is 29.0. The number of halogens is 3. The first-order valence-electron chi connectivity index (χ1n) is 45.3. The molecule has 0 atom stereocenters. The van der Waals surface area contributed by atoms with Gasteiger partial charge in [0.25, 0.3) is 0 Å². The normalized spacial score (nSPS) is 14.0.